The van der Waals surface area contributed by atoms with E-state index in [1.165, 1.54) is 20.2 Å². The fourth-order valence-corrected chi connectivity index (χ4v) is 3.37. The number of amides is 1. The molecule has 0 atom stereocenters. The Morgan fingerprint density at radius 1 is 1.23 bits per heavy atom. The van der Waals surface area contributed by atoms with Gasteiger partial charge in [0, 0.05) is 16.2 Å². The maximum Gasteiger partial charge on any atom is 0.437 e. The van der Waals surface area contributed by atoms with Gasteiger partial charge in [0.2, 0.25) is 0 Å². The molecule has 1 amide bonds. The van der Waals surface area contributed by atoms with E-state index in [0.29, 0.717) is 5.69 Å². The van der Waals surface area contributed by atoms with Crippen LogP contribution in [0.2, 0.25) is 0 Å². The highest BCUT2D eigenvalue weighted by atomic mass is 79.9. The number of carbonyl (C=O) groups is 1. The number of benzene rings is 1. The zero-order valence-electron chi connectivity index (χ0n) is 11.8. The van der Waals surface area contributed by atoms with E-state index in [9.17, 15) is 17.8 Å². The average Bonchev–Trinajstić information content (AvgIpc) is 2.90. The van der Waals surface area contributed by atoms with Crippen molar-refractivity contribution in [2.24, 2.45) is 0 Å². The molecule has 0 spiro atoms. The van der Waals surface area contributed by atoms with Gasteiger partial charge in [-0.25, -0.2) is 4.55 Å². The van der Waals surface area contributed by atoms with Crippen molar-refractivity contribution in [2.75, 3.05) is 19.4 Å². The van der Waals surface area contributed by atoms with Crippen LogP contribution in [0.3, 0.4) is 0 Å². The van der Waals surface area contributed by atoms with Crippen LogP contribution < -0.4 is 9.21 Å². The number of quaternary nitrogens is 1. The van der Waals surface area contributed by atoms with Gasteiger partial charge >= 0.3 is 10.3 Å². The van der Waals surface area contributed by atoms with Crippen LogP contribution in [-0.4, -0.2) is 33.0 Å². The summed E-state index contributed by atoms with van der Waals surface area (Å²) in [4.78, 5) is 12.6. The first kappa shape index (κ1) is 17.1. The standard InChI is InChI=1S/C13H13BrN2O4S2/c1-16(2,22(18,19)20)11-7-8-21-12(11)13(17)15-10-5-3-9(14)4-6-10/h3-8H,1-2H3,(H-,15,17,18,19,20)/p+1. The summed E-state index contributed by atoms with van der Waals surface area (Å²) in [6.07, 6.45) is 0. The highest BCUT2D eigenvalue weighted by Gasteiger charge is 2.38. The highest BCUT2D eigenvalue weighted by Crippen LogP contribution is 2.32. The summed E-state index contributed by atoms with van der Waals surface area (Å²) in [5, 5.41) is 4.31. The van der Waals surface area contributed by atoms with Gasteiger partial charge in [-0.15, -0.1) is 19.8 Å². The molecule has 1 aromatic heterocycles. The number of anilines is 1. The van der Waals surface area contributed by atoms with Crippen LogP contribution in [0.1, 0.15) is 9.67 Å². The number of rotatable bonds is 4. The molecule has 2 aromatic rings. The molecule has 1 heterocycles. The van der Waals surface area contributed by atoms with E-state index in [2.05, 4.69) is 21.2 Å². The van der Waals surface area contributed by atoms with Crippen molar-refractivity contribution in [2.45, 2.75) is 0 Å². The number of carbonyl (C=O) groups excluding carboxylic acids is 1. The van der Waals surface area contributed by atoms with Gasteiger partial charge in [-0.05, 0) is 29.6 Å². The fraction of sp³-hybridized carbons (Fsp3) is 0.154. The largest absolute Gasteiger partial charge is 0.437 e. The lowest BCUT2D eigenvalue weighted by Crippen LogP contribution is -2.46. The number of thiophene rings is 1. The molecule has 0 saturated heterocycles. The van der Waals surface area contributed by atoms with Gasteiger partial charge in [-0.2, -0.15) is 3.89 Å². The third kappa shape index (κ3) is 3.39. The summed E-state index contributed by atoms with van der Waals surface area (Å²) in [7, 11) is -1.80. The maximum absolute atomic E-state index is 12.4. The molecule has 2 rings (SSSR count). The van der Waals surface area contributed by atoms with Crippen LogP contribution in [0.25, 0.3) is 0 Å². The quantitative estimate of drug-likeness (QED) is 0.604. The van der Waals surface area contributed by atoms with Gasteiger partial charge in [0.05, 0.1) is 14.1 Å². The molecular formula is C13H14BrN2O4S2+. The Bertz CT molecular complexity index is 798. The fourth-order valence-electron chi connectivity index (χ4n) is 1.74. The second-order valence-corrected chi connectivity index (χ2v) is 8.54. The SMILES string of the molecule is C[N+](C)(c1ccsc1C(=O)Nc1ccc(Br)cc1)S(=O)(=O)O. The van der Waals surface area contributed by atoms with E-state index in [1.807, 2.05) is 0 Å². The zero-order chi connectivity index (χ0) is 16.5. The molecular weight excluding hydrogens is 392 g/mol. The van der Waals surface area contributed by atoms with Crippen molar-refractivity contribution in [1.29, 1.82) is 0 Å². The molecule has 6 nitrogen and oxygen atoms in total. The van der Waals surface area contributed by atoms with Gasteiger partial charge < -0.3 is 5.32 Å². The van der Waals surface area contributed by atoms with Gasteiger partial charge in [0.25, 0.3) is 5.91 Å². The molecule has 0 saturated carbocycles. The lowest BCUT2D eigenvalue weighted by molar-refractivity contribution is 0.103. The predicted octanol–water partition coefficient (Wildman–Crippen LogP) is 3.13. The van der Waals surface area contributed by atoms with E-state index in [-0.39, 0.29) is 10.6 Å². The minimum absolute atomic E-state index is 0.210. The van der Waals surface area contributed by atoms with Gasteiger partial charge in [-0.3, -0.25) is 4.79 Å². The normalized spacial score (nSPS) is 12.2. The van der Waals surface area contributed by atoms with E-state index in [1.54, 1.807) is 29.6 Å². The maximum atomic E-state index is 12.4. The first-order valence-electron chi connectivity index (χ1n) is 6.09. The van der Waals surface area contributed by atoms with Gasteiger partial charge in [0.15, 0.2) is 10.6 Å². The zero-order valence-corrected chi connectivity index (χ0v) is 15.0. The van der Waals surface area contributed by atoms with E-state index >= 15 is 0 Å². The van der Waals surface area contributed by atoms with Crippen LogP contribution in [0, 0.1) is 0 Å². The Morgan fingerprint density at radius 2 is 1.82 bits per heavy atom. The molecule has 0 fully saturated rings. The molecule has 22 heavy (non-hydrogen) atoms. The Labute approximate surface area is 141 Å². The smallest absolute Gasteiger partial charge is 0.321 e. The van der Waals surface area contributed by atoms with Crippen molar-refractivity contribution in [3.05, 3.63) is 45.1 Å². The molecule has 0 unspecified atom stereocenters. The summed E-state index contributed by atoms with van der Waals surface area (Å²) < 4.78 is 32.5. The highest BCUT2D eigenvalue weighted by molar-refractivity contribution is 9.10. The summed E-state index contributed by atoms with van der Waals surface area (Å²) >= 11 is 4.41. The van der Waals surface area contributed by atoms with Crippen molar-refractivity contribution < 1.29 is 17.8 Å². The minimum atomic E-state index is -4.40. The second kappa shape index (κ2) is 6.09. The Balaban J connectivity index is 2.33. The number of halogens is 1. The van der Waals surface area contributed by atoms with Crippen LogP contribution in [-0.2, 0) is 10.3 Å². The molecule has 0 aliphatic rings. The topological polar surface area (TPSA) is 83.5 Å². The summed E-state index contributed by atoms with van der Waals surface area (Å²) in [5.74, 6) is -0.429. The van der Waals surface area contributed by atoms with Crippen LogP contribution in [0.4, 0.5) is 11.4 Å². The van der Waals surface area contributed by atoms with Gasteiger partial charge in [0.1, 0.15) is 0 Å². The van der Waals surface area contributed by atoms with Crippen molar-refractivity contribution in [3.8, 4) is 0 Å². The van der Waals surface area contributed by atoms with Crippen molar-refractivity contribution >= 4 is 54.9 Å². The molecule has 2 N–H and O–H groups in total. The number of nitrogens with zero attached hydrogens (tertiary/aromatic N) is 1. The molecule has 0 radical (unpaired) electrons. The second-order valence-electron chi connectivity index (χ2n) is 4.89. The van der Waals surface area contributed by atoms with Crippen LogP contribution in [0.5, 0.6) is 0 Å². The lowest BCUT2D eigenvalue weighted by atomic mass is 10.3. The molecule has 0 bridgehead atoms. The molecule has 0 aliphatic carbocycles. The minimum Gasteiger partial charge on any atom is -0.321 e. The molecule has 0 aliphatic heterocycles. The Hall–Kier alpha value is -1.26. The molecule has 118 valence electrons. The van der Waals surface area contributed by atoms with E-state index in [4.69, 9.17) is 0 Å². The van der Waals surface area contributed by atoms with Gasteiger partial charge in [-0.1, -0.05) is 15.9 Å². The lowest BCUT2D eigenvalue weighted by Gasteiger charge is -2.23. The summed E-state index contributed by atoms with van der Waals surface area (Å²) in [6, 6.07) is 8.51. The summed E-state index contributed by atoms with van der Waals surface area (Å²) in [6.45, 7) is 0. The number of hydrogen-bond donors (Lipinski definition) is 2. The van der Waals surface area contributed by atoms with Crippen LogP contribution in [0.15, 0.2) is 40.2 Å². The average molecular weight is 406 g/mol. The third-order valence-electron chi connectivity index (χ3n) is 3.11. The monoisotopic (exact) mass is 405 g/mol. The predicted molar refractivity (Wildman–Crippen MR) is 91.6 cm³/mol. The first-order valence-corrected chi connectivity index (χ1v) is 9.16. The molecule has 9 heteroatoms. The number of hydrogen-bond acceptors (Lipinski definition) is 4. The number of nitrogens with one attached hydrogen (secondary N) is 1. The first-order chi connectivity index (χ1) is 10.1. The Morgan fingerprint density at radius 3 is 2.36 bits per heavy atom. The summed E-state index contributed by atoms with van der Waals surface area (Å²) in [5.41, 5.74) is 0.798. The van der Waals surface area contributed by atoms with E-state index in [0.717, 1.165) is 15.8 Å². The van der Waals surface area contributed by atoms with Crippen molar-refractivity contribution in [1.82, 2.24) is 3.89 Å². The van der Waals surface area contributed by atoms with Crippen LogP contribution >= 0.6 is 27.3 Å². The molecule has 1 aromatic carbocycles. The Kier molecular flexibility index (Phi) is 4.73. The third-order valence-corrected chi connectivity index (χ3v) is 5.89. The van der Waals surface area contributed by atoms with E-state index < -0.39 is 20.1 Å². The van der Waals surface area contributed by atoms with Crippen molar-refractivity contribution in [3.63, 3.8) is 0 Å².